The number of nitrogens with one attached hydrogen (secondary N) is 1. The van der Waals surface area contributed by atoms with E-state index in [2.05, 4.69) is 15.5 Å². The number of anilines is 2. The number of hydrogen-bond donors (Lipinski definition) is 3. The van der Waals surface area contributed by atoms with Crippen LogP contribution in [0, 0.1) is 10.1 Å². The fourth-order valence-electron chi connectivity index (χ4n) is 1.14. The molecular formula is C8H12N6O4. The van der Waals surface area contributed by atoms with Gasteiger partial charge in [-0.05, 0) is 6.92 Å². The Morgan fingerprint density at radius 3 is 2.83 bits per heavy atom. The summed E-state index contributed by atoms with van der Waals surface area (Å²) in [4.78, 5) is 25.3. The van der Waals surface area contributed by atoms with Gasteiger partial charge in [0.15, 0.2) is 0 Å². The molecule has 18 heavy (non-hydrogen) atoms. The molecule has 0 amide bonds. The summed E-state index contributed by atoms with van der Waals surface area (Å²) in [6.07, 6.45) is 0. The third-order valence-electron chi connectivity index (χ3n) is 2.17. The number of nitro groups is 1. The van der Waals surface area contributed by atoms with Gasteiger partial charge in [0, 0.05) is 7.05 Å². The molecule has 0 aliphatic rings. The first-order chi connectivity index (χ1) is 8.38. The zero-order valence-corrected chi connectivity index (χ0v) is 9.75. The number of aromatic nitrogens is 2. The number of rotatable bonds is 4. The number of nitrogen functional groups attached to an aromatic ring is 1. The zero-order chi connectivity index (χ0) is 13.9. The van der Waals surface area contributed by atoms with Crippen LogP contribution in [0.1, 0.15) is 6.92 Å². The van der Waals surface area contributed by atoms with Crippen molar-refractivity contribution >= 4 is 23.2 Å². The van der Waals surface area contributed by atoms with Crippen LogP contribution in [0.15, 0.2) is 9.95 Å². The first-order valence-corrected chi connectivity index (χ1v) is 4.80. The van der Waals surface area contributed by atoms with Gasteiger partial charge in [0.1, 0.15) is 0 Å². The summed E-state index contributed by atoms with van der Waals surface area (Å²) in [7, 11) is 1.28. The molecule has 1 aromatic rings. The maximum absolute atomic E-state index is 11.6. The number of nitrogens with zero attached hydrogens (tertiary/aromatic N) is 4. The molecule has 10 nitrogen and oxygen atoms in total. The van der Waals surface area contributed by atoms with Crippen LogP contribution < -0.4 is 16.6 Å². The highest BCUT2D eigenvalue weighted by molar-refractivity contribution is 5.85. The fourth-order valence-corrected chi connectivity index (χ4v) is 1.14. The average molecular weight is 256 g/mol. The molecule has 4 N–H and O–H groups in total. The molecule has 0 aliphatic carbocycles. The van der Waals surface area contributed by atoms with E-state index in [9.17, 15) is 14.9 Å². The Morgan fingerprint density at radius 1 is 1.72 bits per heavy atom. The van der Waals surface area contributed by atoms with Crippen molar-refractivity contribution in [2.45, 2.75) is 6.92 Å². The van der Waals surface area contributed by atoms with E-state index >= 15 is 0 Å². The van der Waals surface area contributed by atoms with Crippen molar-refractivity contribution in [1.82, 2.24) is 9.55 Å². The number of hydrogen-bond acceptors (Lipinski definition) is 8. The van der Waals surface area contributed by atoms with Crippen LogP contribution in [0.25, 0.3) is 0 Å². The quantitative estimate of drug-likeness (QED) is 0.285. The topological polar surface area (TPSA) is 149 Å². The Morgan fingerprint density at radius 2 is 2.33 bits per heavy atom. The van der Waals surface area contributed by atoms with Crippen molar-refractivity contribution in [2.24, 2.45) is 12.2 Å². The van der Waals surface area contributed by atoms with E-state index < -0.39 is 16.2 Å². The van der Waals surface area contributed by atoms with E-state index in [4.69, 9.17) is 10.9 Å². The number of oxime groups is 1. The van der Waals surface area contributed by atoms with E-state index in [-0.39, 0.29) is 24.0 Å². The van der Waals surface area contributed by atoms with Crippen molar-refractivity contribution in [3.05, 3.63) is 20.5 Å². The van der Waals surface area contributed by atoms with Gasteiger partial charge >= 0.3 is 11.2 Å². The highest BCUT2D eigenvalue weighted by Gasteiger charge is 2.23. The van der Waals surface area contributed by atoms with Gasteiger partial charge in [-0.1, -0.05) is 5.16 Å². The van der Waals surface area contributed by atoms with Crippen molar-refractivity contribution in [2.75, 3.05) is 17.6 Å². The smallest absolute Gasteiger partial charge is 0.376 e. The highest BCUT2D eigenvalue weighted by Crippen LogP contribution is 2.17. The minimum absolute atomic E-state index is 0.00303. The summed E-state index contributed by atoms with van der Waals surface area (Å²) >= 11 is 0. The monoisotopic (exact) mass is 256 g/mol. The Hall–Kier alpha value is -2.65. The lowest BCUT2D eigenvalue weighted by atomic mass is 10.4. The largest absolute Gasteiger partial charge is 0.411 e. The standard InChI is InChI=1S/C8H12N6O4/c1-4(12-16)3-10-6-5(14(17)18)7(15)13(2)8(9)11-6/h10,16H,3H2,1-2H3,(H2,9,11)/b12-4+. The van der Waals surface area contributed by atoms with E-state index in [0.29, 0.717) is 0 Å². The molecule has 10 heteroatoms. The SMILES string of the molecule is C/C(CNc1nc(N)n(C)c(=O)c1[N+](=O)[O-])=N\O. The lowest BCUT2D eigenvalue weighted by Crippen LogP contribution is -2.26. The highest BCUT2D eigenvalue weighted by atomic mass is 16.6. The van der Waals surface area contributed by atoms with Crippen LogP contribution in [0.2, 0.25) is 0 Å². The summed E-state index contributed by atoms with van der Waals surface area (Å²) < 4.78 is 0.871. The molecule has 0 fully saturated rings. The Labute approximate surface area is 101 Å². The summed E-state index contributed by atoms with van der Waals surface area (Å²) in [5.41, 5.74) is 4.13. The van der Waals surface area contributed by atoms with Gasteiger partial charge in [0.2, 0.25) is 11.8 Å². The molecule has 0 aromatic carbocycles. The Balaban J connectivity index is 3.26. The first-order valence-electron chi connectivity index (χ1n) is 4.80. The summed E-state index contributed by atoms with van der Waals surface area (Å²) in [6.45, 7) is 1.49. The van der Waals surface area contributed by atoms with Gasteiger partial charge in [0.25, 0.3) is 0 Å². The second kappa shape index (κ2) is 5.12. The van der Waals surface area contributed by atoms with Crippen LogP contribution in [0.5, 0.6) is 0 Å². The molecule has 0 unspecified atom stereocenters. The molecule has 0 saturated carbocycles. The normalized spacial score (nSPS) is 11.3. The zero-order valence-electron chi connectivity index (χ0n) is 9.75. The molecule has 0 spiro atoms. The second-order valence-corrected chi connectivity index (χ2v) is 3.48. The van der Waals surface area contributed by atoms with Crippen molar-refractivity contribution < 1.29 is 10.1 Å². The van der Waals surface area contributed by atoms with Crippen LogP contribution in [0.4, 0.5) is 17.5 Å². The third kappa shape index (κ3) is 2.53. The molecule has 1 heterocycles. The molecule has 0 bridgehead atoms. The lowest BCUT2D eigenvalue weighted by Gasteiger charge is -2.08. The molecule has 0 atom stereocenters. The van der Waals surface area contributed by atoms with Crippen LogP contribution in [-0.4, -0.2) is 31.9 Å². The molecule has 0 radical (unpaired) electrons. The van der Waals surface area contributed by atoms with E-state index in [1.165, 1.54) is 14.0 Å². The second-order valence-electron chi connectivity index (χ2n) is 3.48. The van der Waals surface area contributed by atoms with Gasteiger partial charge in [-0.2, -0.15) is 4.98 Å². The van der Waals surface area contributed by atoms with Crippen LogP contribution in [0.3, 0.4) is 0 Å². The van der Waals surface area contributed by atoms with Crippen LogP contribution in [-0.2, 0) is 7.05 Å². The molecule has 0 saturated heterocycles. The predicted molar refractivity (Wildman–Crippen MR) is 63.9 cm³/mol. The Kier molecular flexibility index (Phi) is 3.82. The molecule has 1 rings (SSSR count). The third-order valence-corrected chi connectivity index (χ3v) is 2.17. The minimum Gasteiger partial charge on any atom is -0.411 e. The van der Waals surface area contributed by atoms with Gasteiger partial charge in [-0.3, -0.25) is 19.5 Å². The van der Waals surface area contributed by atoms with Gasteiger partial charge in [-0.15, -0.1) is 0 Å². The first kappa shape index (κ1) is 13.4. The van der Waals surface area contributed by atoms with Gasteiger partial charge < -0.3 is 16.3 Å². The van der Waals surface area contributed by atoms with E-state index in [1.807, 2.05) is 0 Å². The summed E-state index contributed by atoms with van der Waals surface area (Å²) in [5, 5.41) is 24.7. The molecule has 1 aromatic heterocycles. The van der Waals surface area contributed by atoms with Crippen molar-refractivity contribution in [3.8, 4) is 0 Å². The number of nitrogens with two attached hydrogens (primary N) is 1. The van der Waals surface area contributed by atoms with Crippen molar-refractivity contribution in [3.63, 3.8) is 0 Å². The lowest BCUT2D eigenvalue weighted by molar-refractivity contribution is -0.385. The maximum Gasteiger partial charge on any atom is 0.376 e. The summed E-state index contributed by atoms with van der Waals surface area (Å²) in [6, 6.07) is 0. The maximum atomic E-state index is 11.6. The molecule has 98 valence electrons. The minimum atomic E-state index is -0.867. The fraction of sp³-hybridized carbons (Fsp3) is 0.375. The summed E-state index contributed by atoms with van der Waals surface area (Å²) in [5.74, 6) is -0.421. The van der Waals surface area contributed by atoms with Gasteiger partial charge in [-0.25, -0.2) is 0 Å². The van der Waals surface area contributed by atoms with Crippen molar-refractivity contribution in [1.29, 1.82) is 0 Å². The van der Waals surface area contributed by atoms with E-state index in [0.717, 1.165) is 4.57 Å². The molecule has 0 aliphatic heterocycles. The van der Waals surface area contributed by atoms with Gasteiger partial charge in [0.05, 0.1) is 17.2 Å². The average Bonchev–Trinajstić information content (AvgIpc) is 2.32. The van der Waals surface area contributed by atoms with E-state index in [1.54, 1.807) is 0 Å². The van der Waals surface area contributed by atoms with Crippen LogP contribution >= 0.6 is 0 Å². The molecular weight excluding hydrogens is 244 g/mol. The predicted octanol–water partition coefficient (Wildman–Crippen LogP) is -0.467. The Bertz CT molecular complexity index is 563.